The quantitative estimate of drug-likeness (QED) is 0.144. The van der Waals surface area contributed by atoms with Crippen molar-refractivity contribution in [1.82, 2.24) is 9.97 Å². The Morgan fingerprint density at radius 2 is 1.14 bits per heavy atom. The molecule has 0 saturated carbocycles. The summed E-state index contributed by atoms with van der Waals surface area (Å²) in [4.78, 5) is 37.5. The Kier molecular flexibility index (Phi) is 13.4. The van der Waals surface area contributed by atoms with Gasteiger partial charge in [0.2, 0.25) is 0 Å². The molecule has 2 atom stereocenters. The number of anilines is 2. The fraction of sp³-hybridized carbons (Fsp3) is 0.478. The van der Waals surface area contributed by atoms with Gasteiger partial charge in [-0.3, -0.25) is 4.79 Å². The van der Waals surface area contributed by atoms with Crippen LogP contribution in [0.5, 0.6) is 11.5 Å². The van der Waals surface area contributed by atoms with E-state index in [1.807, 2.05) is 27.7 Å². The van der Waals surface area contributed by atoms with E-state index >= 15 is 0 Å². The number of hydrogen-bond donors (Lipinski definition) is 2. The van der Waals surface area contributed by atoms with Crippen molar-refractivity contribution in [3.05, 3.63) is 83.4 Å². The first-order valence-corrected chi connectivity index (χ1v) is 20.1. The predicted octanol–water partition coefficient (Wildman–Crippen LogP) is 10.6. The molecule has 2 aliphatic rings. The SMILES string of the molecule is CC(C)COc1cc(F)cc(-c2ccc(C(=O)O)c(N3C[C@@H](C)CC3(C)C)n2)c1.CC(C)COc1cc(F)cc(-c2ccc(C(N)=O)c(N3C[C@@H](C)CC3(C)C)n2)c1.[HH].[HH].[HH]. The largest absolute Gasteiger partial charge is 0.493 e. The average molecular weight is 806 g/mol. The van der Waals surface area contributed by atoms with Crippen LogP contribution in [-0.4, -0.2) is 64.3 Å². The highest BCUT2D eigenvalue weighted by atomic mass is 19.1. The number of amides is 1. The normalized spacial score (nSPS) is 18.3. The number of aromatic nitrogens is 2. The zero-order chi connectivity index (χ0) is 42.7. The van der Waals surface area contributed by atoms with Gasteiger partial charge in [-0.1, -0.05) is 41.5 Å². The van der Waals surface area contributed by atoms with Gasteiger partial charge in [-0.05, 0) is 113 Å². The van der Waals surface area contributed by atoms with Crippen molar-refractivity contribution in [3.63, 3.8) is 0 Å². The maximum atomic E-state index is 14.2. The lowest BCUT2D eigenvalue weighted by Gasteiger charge is -2.33. The molecule has 4 aromatic rings. The van der Waals surface area contributed by atoms with E-state index in [4.69, 9.17) is 20.2 Å². The molecular formula is C46H65F2N5O5. The maximum absolute atomic E-state index is 14.2. The number of rotatable bonds is 12. The van der Waals surface area contributed by atoms with Crippen molar-refractivity contribution in [2.75, 3.05) is 36.1 Å². The molecule has 2 fully saturated rings. The van der Waals surface area contributed by atoms with Crippen molar-refractivity contribution in [3.8, 4) is 34.0 Å². The highest BCUT2D eigenvalue weighted by Crippen LogP contribution is 2.40. The van der Waals surface area contributed by atoms with Gasteiger partial charge in [0, 0.05) is 51.7 Å². The van der Waals surface area contributed by atoms with Crippen LogP contribution in [0, 0.1) is 35.3 Å². The van der Waals surface area contributed by atoms with Crippen molar-refractivity contribution >= 4 is 23.5 Å². The molecule has 0 aliphatic carbocycles. The number of nitrogens with zero attached hydrogens (tertiary/aromatic N) is 4. The third kappa shape index (κ3) is 10.6. The number of primary amides is 1. The molecule has 1 amide bonds. The first-order valence-electron chi connectivity index (χ1n) is 20.1. The molecule has 12 heteroatoms. The van der Waals surface area contributed by atoms with Gasteiger partial charge in [0.25, 0.3) is 5.91 Å². The second-order valence-electron chi connectivity index (χ2n) is 18.0. The maximum Gasteiger partial charge on any atom is 0.339 e. The van der Waals surface area contributed by atoms with Gasteiger partial charge in [0.15, 0.2) is 0 Å². The van der Waals surface area contributed by atoms with Crippen LogP contribution in [0.3, 0.4) is 0 Å². The minimum atomic E-state index is -1.02. The molecule has 0 radical (unpaired) electrons. The highest BCUT2D eigenvalue weighted by Gasteiger charge is 2.40. The molecule has 0 bridgehead atoms. The van der Waals surface area contributed by atoms with Crippen LogP contribution >= 0.6 is 0 Å². The Balaban J connectivity index is 0.000000400. The lowest BCUT2D eigenvalue weighted by Crippen LogP contribution is -2.40. The van der Waals surface area contributed by atoms with Gasteiger partial charge in [0.05, 0.1) is 30.2 Å². The Bertz CT molecular complexity index is 1990. The van der Waals surface area contributed by atoms with Gasteiger partial charge in [-0.2, -0.15) is 0 Å². The first-order chi connectivity index (χ1) is 27.1. The van der Waals surface area contributed by atoms with Crippen LogP contribution in [0.4, 0.5) is 20.4 Å². The third-order valence-corrected chi connectivity index (χ3v) is 10.4. The number of ether oxygens (including phenoxy) is 2. The minimum Gasteiger partial charge on any atom is -0.493 e. The molecular weight excluding hydrogens is 741 g/mol. The van der Waals surface area contributed by atoms with E-state index in [1.54, 1.807) is 36.4 Å². The topological polar surface area (TPSA) is 131 Å². The minimum absolute atomic E-state index is 0. The van der Waals surface area contributed by atoms with E-state index in [1.165, 1.54) is 24.3 Å². The van der Waals surface area contributed by atoms with Gasteiger partial charge >= 0.3 is 5.97 Å². The van der Waals surface area contributed by atoms with Gasteiger partial charge < -0.3 is 30.1 Å². The van der Waals surface area contributed by atoms with E-state index in [-0.39, 0.29) is 20.9 Å². The number of pyridine rings is 2. The van der Waals surface area contributed by atoms with E-state index in [0.29, 0.717) is 88.1 Å². The standard InChI is InChI=1S/C23H30FN3O2.C23H29FN2O3.3H2/c1-14(2)13-29-18-9-16(8-17(24)10-18)20-7-6-19(21(25)28)22(26-20)27-12-15(3)11-23(27,4)5;1-14(2)13-29-18-9-16(8-17(24)10-18)20-7-6-19(22(27)28)21(25-20)26-12-15(3)11-23(26,4)5;;;/h6-10,14-15H,11-13H2,1-5H3,(H2,25,28);6-10,14-15H,11-13H2,1-5H3,(H,27,28);3*1H/t2*15-;;;/m00.../s1. The second-order valence-corrected chi connectivity index (χ2v) is 18.0. The molecule has 6 rings (SSSR count). The molecule has 0 spiro atoms. The summed E-state index contributed by atoms with van der Waals surface area (Å²) in [5.74, 6) is 1.10. The Morgan fingerprint density at radius 1 is 0.741 bits per heavy atom. The summed E-state index contributed by atoms with van der Waals surface area (Å²) < 4.78 is 39.8. The van der Waals surface area contributed by atoms with Crippen LogP contribution in [0.1, 0.15) is 107 Å². The number of nitrogens with two attached hydrogens (primary N) is 1. The molecule has 10 nitrogen and oxygen atoms in total. The second kappa shape index (κ2) is 17.7. The number of benzene rings is 2. The summed E-state index contributed by atoms with van der Waals surface area (Å²) in [6.45, 7) is 23.4. The van der Waals surface area contributed by atoms with Gasteiger partial charge in [-0.15, -0.1) is 0 Å². The van der Waals surface area contributed by atoms with Crippen molar-refractivity contribution in [1.29, 1.82) is 0 Å². The zero-order valence-electron chi connectivity index (χ0n) is 35.5. The molecule has 58 heavy (non-hydrogen) atoms. The summed E-state index contributed by atoms with van der Waals surface area (Å²) in [6.07, 6.45) is 1.94. The summed E-state index contributed by atoms with van der Waals surface area (Å²) in [7, 11) is 0. The summed E-state index contributed by atoms with van der Waals surface area (Å²) >= 11 is 0. The van der Waals surface area contributed by atoms with Crippen LogP contribution < -0.4 is 25.0 Å². The summed E-state index contributed by atoms with van der Waals surface area (Å²) in [6, 6.07) is 15.6. The van der Waals surface area contributed by atoms with Crippen LogP contribution in [0.25, 0.3) is 22.5 Å². The van der Waals surface area contributed by atoms with E-state index in [0.717, 1.165) is 25.9 Å². The smallest absolute Gasteiger partial charge is 0.339 e. The lowest BCUT2D eigenvalue weighted by molar-refractivity contribution is 0.0696. The van der Waals surface area contributed by atoms with E-state index < -0.39 is 23.5 Å². The Hall–Kier alpha value is -5.26. The molecule has 4 heterocycles. The van der Waals surface area contributed by atoms with Gasteiger partial charge in [-0.25, -0.2) is 23.5 Å². The number of aromatic carboxylic acids is 1. The lowest BCUT2D eigenvalue weighted by atomic mass is 9.97. The molecule has 2 aromatic heterocycles. The predicted molar refractivity (Wildman–Crippen MR) is 232 cm³/mol. The Morgan fingerprint density at radius 3 is 1.48 bits per heavy atom. The number of carbonyl (C=O) groups excluding carboxylic acids is 1. The van der Waals surface area contributed by atoms with E-state index in [2.05, 4.69) is 56.3 Å². The summed E-state index contributed by atoms with van der Waals surface area (Å²) in [5, 5.41) is 9.69. The van der Waals surface area contributed by atoms with Crippen molar-refractivity contribution in [2.45, 2.75) is 93.2 Å². The molecule has 3 N–H and O–H groups in total. The first kappa shape index (κ1) is 43.9. The van der Waals surface area contributed by atoms with Crippen molar-refractivity contribution in [2.24, 2.45) is 29.4 Å². The fourth-order valence-electron chi connectivity index (χ4n) is 8.02. The fourth-order valence-corrected chi connectivity index (χ4v) is 8.02. The highest BCUT2D eigenvalue weighted by molar-refractivity contribution is 5.98. The van der Waals surface area contributed by atoms with Crippen LogP contribution in [-0.2, 0) is 0 Å². The zero-order valence-corrected chi connectivity index (χ0v) is 35.5. The van der Waals surface area contributed by atoms with E-state index in [9.17, 15) is 23.5 Å². The molecule has 318 valence electrons. The number of carbonyl (C=O) groups is 2. The molecule has 2 aliphatic heterocycles. The molecule has 2 saturated heterocycles. The molecule has 2 aromatic carbocycles. The number of carboxylic acids is 1. The number of hydrogen-bond acceptors (Lipinski definition) is 8. The van der Waals surface area contributed by atoms with Crippen LogP contribution in [0.15, 0.2) is 60.7 Å². The number of carboxylic acid groups (broad SMARTS) is 1. The van der Waals surface area contributed by atoms with Crippen molar-refractivity contribution < 1.29 is 37.2 Å². The number of halogens is 2. The van der Waals surface area contributed by atoms with Crippen LogP contribution in [0.2, 0.25) is 0 Å². The molecule has 0 unspecified atom stereocenters. The van der Waals surface area contributed by atoms with Gasteiger partial charge in [0.1, 0.15) is 40.3 Å². The summed E-state index contributed by atoms with van der Waals surface area (Å²) in [5.41, 5.74) is 8.07. The Labute approximate surface area is 346 Å². The monoisotopic (exact) mass is 805 g/mol. The third-order valence-electron chi connectivity index (χ3n) is 10.4. The average Bonchev–Trinajstić information content (AvgIpc) is 3.58.